The van der Waals surface area contributed by atoms with Crippen molar-refractivity contribution < 1.29 is 8.83 Å². The molecule has 0 atom stereocenters. The molecule has 0 aliphatic carbocycles. The Morgan fingerprint density at radius 3 is 1.17 bits per heavy atom. The van der Waals surface area contributed by atoms with Crippen LogP contribution in [0.4, 0.5) is 0 Å². The van der Waals surface area contributed by atoms with Crippen LogP contribution in [0.1, 0.15) is 169 Å². The van der Waals surface area contributed by atoms with Crippen LogP contribution < -0.4 is 0 Å². The summed E-state index contributed by atoms with van der Waals surface area (Å²) < 4.78 is 11.2. The highest BCUT2D eigenvalue weighted by atomic mass is 32.1. The number of rotatable bonds is 0. The predicted molar refractivity (Wildman–Crippen MR) is 318 cm³/mol. The fourth-order valence-corrected chi connectivity index (χ4v) is 4.12. The summed E-state index contributed by atoms with van der Waals surface area (Å²) in [5.41, 5.74) is 7.91. The molecule has 0 amide bonds. The van der Waals surface area contributed by atoms with E-state index in [0.717, 1.165) is 39.4 Å². The number of hydrogen-bond donors (Lipinski definition) is 3. The van der Waals surface area contributed by atoms with Gasteiger partial charge >= 0.3 is 0 Å². The van der Waals surface area contributed by atoms with Gasteiger partial charge in [0, 0.05) is 89.3 Å². The molecule has 0 bridgehead atoms. The van der Waals surface area contributed by atoms with E-state index in [1.54, 1.807) is 103 Å². The Hall–Kier alpha value is -5.85. The Morgan fingerprint density at radius 1 is 0.500 bits per heavy atom. The molecule has 0 spiro atoms. The molecule has 9 aromatic rings. The van der Waals surface area contributed by atoms with Gasteiger partial charge in [0.2, 0.25) is 0 Å². The molecular weight excluding hydrogens is 959 g/mol. The van der Waals surface area contributed by atoms with E-state index in [9.17, 15) is 0 Å². The molecule has 0 fully saturated rings. The SMILES string of the molecule is CC.CC.CC.CC.CC.CC.CC.CC.CC.Cc1cnc[nH]1.Cc1cnc[nH]1.Cc1cnco1.Cc1cncs1.Cc1cocn1.Cc1cscn1.Cc1ncc[nH]1.Cc1nccs1.Cn1ccnc1. The summed E-state index contributed by atoms with van der Waals surface area (Å²) >= 11 is 4.96. The Bertz CT molecular complexity index is 1470. The minimum atomic E-state index is 0.856. The van der Waals surface area contributed by atoms with Crippen LogP contribution in [0, 0.1) is 55.4 Å². The van der Waals surface area contributed by atoms with Gasteiger partial charge in [-0.15, -0.1) is 34.0 Å². The molecule has 0 radical (unpaired) electrons. The van der Waals surface area contributed by atoms with Gasteiger partial charge in [-0.25, -0.2) is 29.9 Å². The van der Waals surface area contributed by atoms with Crippen molar-refractivity contribution in [3.63, 3.8) is 0 Å². The van der Waals surface area contributed by atoms with Crippen LogP contribution in [-0.2, 0) is 7.05 Å². The van der Waals surface area contributed by atoms with E-state index in [4.69, 9.17) is 4.42 Å². The molecule has 18 heteroatoms. The molecule has 0 aliphatic heterocycles. The second kappa shape index (κ2) is 82.1. The molecule has 9 heterocycles. The second-order valence-corrected chi connectivity index (χ2v) is 13.3. The van der Waals surface area contributed by atoms with E-state index in [1.807, 2.05) is 226 Å². The number of aromatic amines is 3. The summed E-state index contributed by atoms with van der Waals surface area (Å²) in [7, 11) is 1.94. The summed E-state index contributed by atoms with van der Waals surface area (Å²) in [5.74, 6) is 1.82. The van der Waals surface area contributed by atoms with Crippen molar-refractivity contribution in [1.29, 1.82) is 0 Å². The Kier molecular flexibility index (Phi) is 98.0. The van der Waals surface area contributed by atoms with Crippen molar-refractivity contribution in [3.05, 3.63) is 160 Å². The van der Waals surface area contributed by atoms with Gasteiger partial charge in [-0.1, -0.05) is 125 Å². The number of nitrogens with zero attached hydrogens (tertiary/aromatic N) is 10. The number of thiazole rings is 3. The number of aryl methyl sites for hydroxylation is 9. The summed E-state index contributed by atoms with van der Waals surface area (Å²) in [6.07, 6.45) is 25.5. The fraction of sp³-hybridized carbons (Fsp3) is 0.500. The highest BCUT2D eigenvalue weighted by Crippen LogP contribution is 2.00. The first-order valence-electron chi connectivity index (χ1n) is 25.1. The fourth-order valence-electron chi connectivity index (χ4n) is 2.72. The molecular formula is C54H103N13O2S3. The van der Waals surface area contributed by atoms with Gasteiger partial charge in [0.05, 0.1) is 46.9 Å². The van der Waals surface area contributed by atoms with E-state index in [-0.39, 0.29) is 0 Å². The van der Waals surface area contributed by atoms with Crippen LogP contribution in [-0.4, -0.2) is 64.4 Å². The number of hydrogen-bond acceptors (Lipinski definition) is 14. The Balaban J connectivity index is -0.0000000852. The third-order valence-corrected chi connectivity index (χ3v) is 7.43. The minimum absolute atomic E-state index is 0.856. The van der Waals surface area contributed by atoms with Crippen molar-refractivity contribution in [2.75, 3.05) is 0 Å². The van der Waals surface area contributed by atoms with Crippen LogP contribution in [0.3, 0.4) is 0 Å². The lowest BCUT2D eigenvalue weighted by Crippen LogP contribution is -1.76. The average Bonchev–Trinajstić information content (AvgIpc) is 4.27. The van der Waals surface area contributed by atoms with E-state index >= 15 is 0 Å². The number of oxazole rings is 2. The number of imidazole rings is 4. The zero-order valence-electron chi connectivity index (χ0n) is 50.0. The maximum Gasteiger partial charge on any atom is 0.180 e. The molecule has 72 heavy (non-hydrogen) atoms. The number of H-pyrrole nitrogens is 3. The Morgan fingerprint density at radius 2 is 1.06 bits per heavy atom. The summed E-state index contributed by atoms with van der Waals surface area (Å²) in [5, 5.41) is 5.12. The molecule has 0 unspecified atom stereocenters. The third-order valence-electron chi connectivity index (χ3n) is 5.32. The predicted octanol–water partition coefficient (Wildman–Crippen LogP) is 18.1. The summed E-state index contributed by atoms with van der Waals surface area (Å²) in [6.45, 7) is 51.6. The van der Waals surface area contributed by atoms with Crippen molar-refractivity contribution >= 4 is 34.0 Å². The second-order valence-electron chi connectivity index (χ2n) is 10.4. The zero-order valence-corrected chi connectivity index (χ0v) is 52.4. The number of aromatic nitrogens is 13. The minimum Gasteiger partial charge on any atom is -0.452 e. The van der Waals surface area contributed by atoms with E-state index in [0.29, 0.717) is 0 Å². The largest absolute Gasteiger partial charge is 0.452 e. The summed E-state index contributed by atoms with van der Waals surface area (Å²) in [6, 6.07) is 0. The molecule has 9 aromatic heterocycles. The van der Waals surface area contributed by atoms with Crippen LogP contribution in [0.25, 0.3) is 0 Å². The van der Waals surface area contributed by atoms with Crippen LogP contribution in [0.15, 0.2) is 124 Å². The van der Waals surface area contributed by atoms with Gasteiger partial charge in [0.1, 0.15) is 17.8 Å². The van der Waals surface area contributed by atoms with Gasteiger partial charge in [0.15, 0.2) is 12.8 Å². The average molecular weight is 1060 g/mol. The monoisotopic (exact) mass is 1060 g/mol. The van der Waals surface area contributed by atoms with Crippen LogP contribution >= 0.6 is 34.0 Å². The first-order valence-corrected chi connectivity index (χ1v) is 27.8. The molecule has 0 aliphatic rings. The third kappa shape index (κ3) is 78.3. The summed E-state index contributed by atoms with van der Waals surface area (Å²) in [4.78, 5) is 44.2. The Labute approximate surface area is 451 Å². The topological polar surface area (TPSA) is 195 Å². The van der Waals surface area contributed by atoms with E-state index in [2.05, 4.69) is 64.2 Å². The lowest BCUT2D eigenvalue weighted by atomic mass is 10.6. The highest BCUT2D eigenvalue weighted by molar-refractivity contribution is 7.09. The normalized spacial score (nSPS) is 7.38. The van der Waals surface area contributed by atoms with Crippen molar-refractivity contribution in [2.45, 2.75) is 180 Å². The van der Waals surface area contributed by atoms with Gasteiger partial charge in [-0.05, 0) is 55.4 Å². The molecule has 3 N–H and O–H groups in total. The molecule has 15 nitrogen and oxygen atoms in total. The van der Waals surface area contributed by atoms with Crippen molar-refractivity contribution in [1.82, 2.24) is 64.4 Å². The lowest BCUT2D eigenvalue weighted by Gasteiger charge is -1.76. The molecule has 0 saturated heterocycles. The van der Waals surface area contributed by atoms with Crippen LogP contribution in [0.2, 0.25) is 0 Å². The first kappa shape index (κ1) is 86.0. The van der Waals surface area contributed by atoms with Gasteiger partial charge in [-0.2, -0.15) is 0 Å². The van der Waals surface area contributed by atoms with Crippen molar-refractivity contribution in [2.24, 2.45) is 7.05 Å². The smallest absolute Gasteiger partial charge is 0.180 e. The van der Waals surface area contributed by atoms with E-state index in [1.165, 1.54) is 17.7 Å². The zero-order chi connectivity index (χ0) is 57.7. The van der Waals surface area contributed by atoms with Crippen LogP contribution in [0.5, 0.6) is 0 Å². The number of nitrogens with one attached hydrogen (secondary N) is 3. The maximum atomic E-state index is 4.72. The van der Waals surface area contributed by atoms with Crippen molar-refractivity contribution in [3.8, 4) is 0 Å². The van der Waals surface area contributed by atoms with Gasteiger partial charge in [-0.3, -0.25) is 15.0 Å². The lowest BCUT2D eigenvalue weighted by molar-refractivity contribution is 0.527. The molecule has 0 saturated carbocycles. The standard InChI is InChI=1S/4C4H6N2.2C4H5NO.3C4H5NS.9C2H6/c2*1-4-2-5-3-6-4;1-6-3-2-5-4-6;1-4-5-2-3-6-4;1-4-2-6-3-5-4;1-4-2-5-3-6-4;1-4-2-6-3-5-4;1-4-2-5-3-6-4;1-4-5-2-3-6-4;9*1-2/h2*2-3H,1H3,(H,5,6);2-4H,1H3;2-3H,1H3,(H,5,6);5*2-3H,1H3;9*1-2H3. The van der Waals surface area contributed by atoms with Gasteiger partial charge in [0.25, 0.3) is 0 Å². The molecule has 9 rings (SSSR count). The quantitative estimate of drug-likeness (QED) is 0.131. The molecule has 414 valence electrons. The molecule has 0 aromatic carbocycles. The highest BCUT2D eigenvalue weighted by Gasteiger charge is 1.80. The maximum absolute atomic E-state index is 4.72. The first-order chi connectivity index (χ1) is 35.0. The van der Waals surface area contributed by atoms with Gasteiger partial charge < -0.3 is 28.4 Å². The van der Waals surface area contributed by atoms with E-state index < -0.39 is 0 Å².